The zero-order valence-electron chi connectivity index (χ0n) is 18.3. The van der Waals surface area contributed by atoms with Crippen molar-refractivity contribution in [2.45, 2.75) is 25.3 Å². The highest BCUT2D eigenvalue weighted by molar-refractivity contribution is 6.34. The first-order chi connectivity index (χ1) is 16.4. The van der Waals surface area contributed by atoms with Crippen LogP contribution in [0.1, 0.15) is 66.3 Å². The topological polar surface area (TPSA) is 101 Å². The standard InChI is InChI=1S/C27H20N2O5/c1-2-17(25(32)28-22-23(30)18-7-3-4-8-19(18)24(22)31)15-11-13-16(14-12-15)29-26(33)20-9-5-6-10-21(20)27(29)34/h3-14,17,22H,2H2,1H3,(H,28,32). The number of benzene rings is 3. The Morgan fingerprint density at radius 1 is 0.765 bits per heavy atom. The molecule has 1 aliphatic heterocycles. The Hall–Kier alpha value is -4.39. The Bertz CT molecular complexity index is 1310. The van der Waals surface area contributed by atoms with Crippen LogP contribution in [0, 0.1) is 0 Å². The van der Waals surface area contributed by atoms with Gasteiger partial charge in [-0.15, -0.1) is 0 Å². The van der Waals surface area contributed by atoms with Crippen molar-refractivity contribution >= 4 is 35.0 Å². The third kappa shape index (κ3) is 3.25. The maximum atomic E-state index is 13.0. The Balaban J connectivity index is 1.34. The van der Waals surface area contributed by atoms with Gasteiger partial charge in [-0.1, -0.05) is 55.5 Å². The number of nitrogens with one attached hydrogen (secondary N) is 1. The highest BCUT2D eigenvalue weighted by Gasteiger charge is 2.40. The van der Waals surface area contributed by atoms with Gasteiger partial charge in [0.15, 0.2) is 17.6 Å². The molecule has 34 heavy (non-hydrogen) atoms. The minimum atomic E-state index is -1.23. The van der Waals surface area contributed by atoms with Crippen LogP contribution in [0.5, 0.6) is 0 Å². The molecular weight excluding hydrogens is 432 g/mol. The van der Waals surface area contributed by atoms with E-state index in [0.717, 1.165) is 4.90 Å². The minimum Gasteiger partial charge on any atom is -0.339 e. The van der Waals surface area contributed by atoms with Gasteiger partial charge in [-0.05, 0) is 36.2 Å². The van der Waals surface area contributed by atoms with Crippen molar-refractivity contribution < 1.29 is 24.0 Å². The van der Waals surface area contributed by atoms with E-state index in [1.54, 1.807) is 72.8 Å². The van der Waals surface area contributed by atoms with Crippen LogP contribution in [0.25, 0.3) is 0 Å². The number of hydrogen-bond acceptors (Lipinski definition) is 5. The summed E-state index contributed by atoms with van der Waals surface area (Å²) < 4.78 is 0. The van der Waals surface area contributed by atoms with Crippen LogP contribution in [0.3, 0.4) is 0 Å². The number of rotatable bonds is 5. The second-order valence-corrected chi connectivity index (χ2v) is 8.26. The molecule has 3 aromatic rings. The average molecular weight is 452 g/mol. The normalized spacial score (nSPS) is 16.0. The van der Waals surface area contributed by atoms with Gasteiger partial charge in [-0.2, -0.15) is 0 Å². The van der Waals surface area contributed by atoms with Gasteiger partial charge in [0.05, 0.1) is 22.7 Å². The number of imide groups is 1. The minimum absolute atomic E-state index is 0.316. The molecule has 1 atom stereocenters. The molecule has 2 aliphatic rings. The van der Waals surface area contributed by atoms with Gasteiger partial charge in [-0.25, -0.2) is 4.90 Å². The Morgan fingerprint density at radius 3 is 1.71 bits per heavy atom. The molecule has 0 saturated heterocycles. The van der Waals surface area contributed by atoms with Gasteiger partial charge in [0.1, 0.15) is 0 Å². The summed E-state index contributed by atoms with van der Waals surface area (Å²) in [6, 6.07) is 18.5. The summed E-state index contributed by atoms with van der Waals surface area (Å²) in [6.07, 6.45) is 0.431. The van der Waals surface area contributed by atoms with Gasteiger partial charge >= 0.3 is 0 Å². The van der Waals surface area contributed by atoms with Crippen LogP contribution in [-0.2, 0) is 4.79 Å². The summed E-state index contributed by atoms with van der Waals surface area (Å²) in [6.45, 7) is 1.83. The summed E-state index contributed by atoms with van der Waals surface area (Å²) in [7, 11) is 0. The zero-order chi connectivity index (χ0) is 24.0. The van der Waals surface area contributed by atoms with E-state index in [-0.39, 0.29) is 0 Å². The fourth-order valence-corrected chi connectivity index (χ4v) is 4.57. The van der Waals surface area contributed by atoms with Crippen molar-refractivity contribution in [3.63, 3.8) is 0 Å². The monoisotopic (exact) mass is 452 g/mol. The second kappa shape index (κ2) is 8.19. The number of amides is 3. The Morgan fingerprint density at radius 2 is 1.24 bits per heavy atom. The maximum absolute atomic E-state index is 13.0. The Labute approximate surface area is 195 Å². The van der Waals surface area contributed by atoms with E-state index < -0.39 is 41.2 Å². The smallest absolute Gasteiger partial charge is 0.266 e. The number of hydrogen-bond donors (Lipinski definition) is 1. The summed E-state index contributed by atoms with van der Waals surface area (Å²) in [5.41, 5.74) is 2.40. The molecule has 0 saturated carbocycles. The van der Waals surface area contributed by atoms with Crippen molar-refractivity contribution in [3.8, 4) is 0 Å². The molecule has 7 heteroatoms. The number of fused-ring (bicyclic) bond motifs is 2. The predicted octanol–water partition coefficient (Wildman–Crippen LogP) is 3.54. The van der Waals surface area contributed by atoms with Crippen LogP contribution < -0.4 is 10.2 Å². The van der Waals surface area contributed by atoms with Crippen molar-refractivity contribution in [1.82, 2.24) is 5.32 Å². The van der Waals surface area contributed by atoms with Crippen molar-refractivity contribution in [1.29, 1.82) is 0 Å². The first-order valence-electron chi connectivity index (χ1n) is 11.0. The number of anilines is 1. The van der Waals surface area contributed by atoms with E-state index >= 15 is 0 Å². The van der Waals surface area contributed by atoms with Crippen LogP contribution in [-0.4, -0.2) is 35.3 Å². The molecule has 0 radical (unpaired) electrons. The van der Waals surface area contributed by atoms with E-state index in [0.29, 0.717) is 39.9 Å². The van der Waals surface area contributed by atoms with Gasteiger partial charge in [0, 0.05) is 11.1 Å². The van der Waals surface area contributed by atoms with E-state index in [1.807, 2.05) is 6.92 Å². The van der Waals surface area contributed by atoms with E-state index in [9.17, 15) is 24.0 Å². The number of ketones is 2. The molecule has 5 rings (SSSR count). The van der Waals surface area contributed by atoms with Crippen LogP contribution >= 0.6 is 0 Å². The molecule has 1 unspecified atom stereocenters. The molecule has 1 N–H and O–H groups in total. The molecule has 0 bridgehead atoms. The number of carbonyl (C=O) groups excluding carboxylic acids is 5. The third-order valence-corrected chi connectivity index (χ3v) is 6.34. The lowest BCUT2D eigenvalue weighted by Crippen LogP contribution is -2.44. The largest absolute Gasteiger partial charge is 0.339 e. The fraction of sp³-hybridized carbons (Fsp3) is 0.148. The average Bonchev–Trinajstić information content (AvgIpc) is 3.25. The molecule has 0 fully saturated rings. The molecule has 0 aromatic heterocycles. The van der Waals surface area contributed by atoms with Gasteiger partial charge < -0.3 is 5.32 Å². The zero-order valence-corrected chi connectivity index (χ0v) is 18.3. The quantitative estimate of drug-likeness (QED) is 0.471. The molecule has 3 aromatic carbocycles. The first kappa shape index (κ1) is 21.5. The van der Waals surface area contributed by atoms with E-state index in [4.69, 9.17) is 0 Å². The van der Waals surface area contributed by atoms with Crippen molar-refractivity contribution in [2.75, 3.05) is 4.90 Å². The van der Waals surface area contributed by atoms with Gasteiger partial charge in [0.25, 0.3) is 11.8 Å². The summed E-state index contributed by atoms with van der Waals surface area (Å²) in [5.74, 6) is -2.66. The third-order valence-electron chi connectivity index (χ3n) is 6.34. The Kier molecular flexibility index (Phi) is 5.17. The highest BCUT2D eigenvalue weighted by atomic mass is 16.2. The fourth-order valence-electron chi connectivity index (χ4n) is 4.57. The van der Waals surface area contributed by atoms with E-state index in [2.05, 4.69) is 5.32 Å². The van der Waals surface area contributed by atoms with Crippen molar-refractivity contribution in [2.24, 2.45) is 0 Å². The van der Waals surface area contributed by atoms with Gasteiger partial charge in [-0.3, -0.25) is 24.0 Å². The summed E-state index contributed by atoms with van der Waals surface area (Å²) in [4.78, 5) is 64.8. The summed E-state index contributed by atoms with van der Waals surface area (Å²) >= 11 is 0. The number of carbonyl (C=O) groups is 5. The lowest BCUT2D eigenvalue weighted by Gasteiger charge is -2.19. The maximum Gasteiger partial charge on any atom is 0.266 e. The molecule has 1 heterocycles. The second-order valence-electron chi connectivity index (χ2n) is 8.26. The number of Topliss-reactive ketones (excluding diaryl/α,β-unsaturated/α-hetero) is 2. The molecule has 1 aliphatic carbocycles. The highest BCUT2D eigenvalue weighted by Crippen LogP contribution is 2.30. The SMILES string of the molecule is CCC(C(=O)NC1C(=O)c2ccccc2C1=O)c1ccc(N2C(=O)c3ccccc3C2=O)cc1. The molecule has 7 nitrogen and oxygen atoms in total. The number of nitrogens with zero attached hydrogens (tertiary/aromatic N) is 1. The van der Waals surface area contributed by atoms with Crippen LogP contribution in [0.2, 0.25) is 0 Å². The van der Waals surface area contributed by atoms with Gasteiger partial charge in [0.2, 0.25) is 5.91 Å². The lowest BCUT2D eigenvalue weighted by molar-refractivity contribution is -0.122. The van der Waals surface area contributed by atoms with Crippen LogP contribution in [0.4, 0.5) is 5.69 Å². The predicted molar refractivity (Wildman–Crippen MR) is 124 cm³/mol. The lowest BCUT2D eigenvalue weighted by atomic mass is 9.94. The van der Waals surface area contributed by atoms with Crippen molar-refractivity contribution in [3.05, 3.63) is 101 Å². The summed E-state index contributed by atoms with van der Waals surface area (Å²) in [5, 5.41) is 2.61. The van der Waals surface area contributed by atoms with Crippen LogP contribution in [0.15, 0.2) is 72.8 Å². The molecule has 3 amide bonds. The molecule has 168 valence electrons. The molecular formula is C27H20N2O5. The van der Waals surface area contributed by atoms with E-state index in [1.165, 1.54) is 0 Å². The molecule has 0 spiro atoms. The first-order valence-corrected chi connectivity index (χ1v) is 11.0.